The fourth-order valence-electron chi connectivity index (χ4n) is 4.01. The van der Waals surface area contributed by atoms with E-state index in [4.69, 9.17) is 0 Å². The highest BCUT2D eigenvalue weighted by Crippen LogP contribution is 2.25. The number of carbonyl (C=O) groups is 2. The normalized spacial score (nSPS) is 15.3. The molecule has 166 valence electrons. The SMILES string of the molecule is CC(C)C[C@H](NC(=O)[C@@H](CC(=O)N1CCc2ccsc2C1)Cc1ccccc1)B(O)O. The minimum Gasteiger partial charge on any atom is -0.426 e. The van der Waals surface area contributed by atoms with Crippen molar-refractivity contribution in [1.29, 1.82) is 0 Å². The van der Waals surface area contributed by atoms with Gasteiger partial charge in [-0.25, -0.2) is 0 Å². The second kappa shape index (κ2) is 10.9. The van der Waals surface area contributed by atoms with E-state index in [0.717, 1.165) is 12.0 Å². The Morgan fingerprint density at radius 3 is 2.61 bits per heavy atom. The molecule has 1 aromatic carbocycles. The number of thiophene rings is 1. The van der Waals surface area contributed by atoms with Crippen molar-refractivity contribution in [3.63, 3.8) is 0 Å². The molecular formula is C23H31BN2O4S. The molecule has 1 aliphatic heterocycles. The average Bonchev–Trinajstić information content (AvgIpc) is 3.21. The van der Waals surface area contributed by atoms with Crippen molar-refractivity contribution >= 4 is 30.3 Å². The van der Waals surface area contributed by atoms with Gasteiger partial charge in [0.15, 0.2) is 0 Å². The number of benzene rings is 1. The molecule has 0 aliphatic carbocycles. The molecule has 0 unspecified atom stereocenters. The number of fused-ring (bicyclic) bond motifs is 1. The third-order valence-electron chi connectivity index (χ3n) is 5.71. The zero-order chi connectivity index (χ0) is 22.4. The van der Waals surface area contributed by atoms with Crippen LogP contribution in [0.2, 0.25) is 0 Å². The Hall–Kier alpha value is -2.16. The van der Waals surface area contributed by atoms with Crippen molar-refractivity contribution in [2.45, 2.75) is 52.0 Å². The Morgan fingerprint density at radius 1 is 1.19 bits per heavy atom. The Kier molecular flexibility index (Phi) is 8.29. The number of nitrogens with zero attached hydrogens (tertiary/aromatic N) is 1. The predicted octanol–water partition coefficient (Wildman–Crippen LogP) is 2.42. The fourth-order valence-corrected chi connectivity index (χ4v) is 4.96. The van der Waals surface area contributed by atoms with E-state index in [-0.39, 0.29) is 24.2 Å². The van der Waals surface area contributed by atoms with Gasteiger partial charge in [-0.05, 0) is 47.8 Å². The van der Waals surface area contributed by atoms with Crippen molar-refractivity contribution in [2.75, 3.05) is 6.54 Å². The molecule has 0 spiro atoms. The van der Waals surface area contributed by atoms with Gasteiger partial charge in [-0.2, -0.15) is 0 Å². The van der Waals surface area contributed by atoms with Crippen LogP contribution in [0.4, 0.5) is 0 Å². The van der Waals surface area contributed by atoms with E-state index in [1.165, 1.54) is 10.4 Å². The lowest BCUT2D eigenvalue weighted by atomic mass is 9.74. The van der Waals surface area contributed by atoms with Crippen LogP contribution in [0.3, 0.4) is 0 Å². The summed E-state index contributed by atoms with van der Waals surface area (Å²) in [5.41, 5.74) is 2.28. The first kappa shape index (κ1) is 23.5. The molecule has 1 aliphatic rings. The lowest BCUT2D eigenvalue weighted by Crippen LogP contribution is -2.50. The topological polar surface area (TPSA) is 89.9 Å². The summed E-state index contributed by atoms with van der Waals surface area (Å²) in [6.07, 6.45) is 1.81. The Balaban J connectivity index is 1.71. The van der Waals surface area contributed by atoms with Gasteiger partial charge in [-0.1, -0.05) is 44.2 Å². The van der Waals surface area contributed by atoms with Crippen LogP contribution in [-0.4, -0.2) is 46.4 Å². The van der Waals surface area contributed by atoms with E-state index in [0.29, 0.717) is 25.9 Å². The molecule has 3 rings (SSSR count). The molecule has 6 nitrogen and oxygen atoms in total. The lowest BCUT2D eigenvalue weighted by Gasteiger charge is -2.29. The summed E-state index contributed by atoms with van der Waals surface area (Å²) in [6.45, 7) is 5.17. The van der Waals surface area contributed by atoms with E-state index in [1.807, 2.05) is 49.1 Å². The maximum atomic E-state index is 13.1. The van der Waals surface area contributed by atoms with Gasteiger partial charge in [0.25, 0.3) is 0 Å². The molecule has 31 heavy (non-hydrogen) atoms. The zero-order valence-corrected chi connectivity index (χ0v) is 19.0. The monoisotopic (exact) mass is 442 g/mol. The summed E-state index contributed by atoms with van der Waals surface area (Å²) in [6, 6.07) is 11.7. The maximum absolute atomic E-state index is 13.1. The molecule has 0 saturated heterocycles. The van der Waals surface area contributed by atoms with Crippen molar-refractivity contribution < 1.29 is 19.6 Å². The van der Waals surface area contributed by atoms with E-state index >= 15 is 0 Å². The first-order chi connectivity index (χ1) is 14.8. The van der Waals surface area contributed by atoms with Crippen LogP contribution in [0.5, 0.6) is 0 Å². The Morgan fingerprint density at radius 2 is 1.94 bits per heavy atom. The predicted molar refractivity (Wildman–Crippen MR) is 123 cm³/mol. The standard InChI is InChI=1S/C23H31BN2O4S/c1-16(2)12-21(24(29)30)25-23(28)19(13-17-6-4-3-5-7-17)14-22(27)26-10-8-18-9-11-31-20(18)15-26/h3-7,9,11,16,19,21,29-30H,8,10,12-15H2,1-2H3,(H,25,28)/t19-,21+/m1/s1. The lowest BCUT2D eigenvalue weighted by molar-refractivity contribution is -0.137. The van der Waals surface area contributed by atoms with Gasteiger partial charge in [0.05, 0.1) is 18.4 Å². The summed E-state index contributed by atoms with van der Waals surface area (Å²) in [7, 11) is -1.64. The number of carbonyl (C=O) groups excluding carboxylic acids is 2. The fraction of sp³-hybridized carbons (Fsp3) is 0.478. The number of hydrogen-bond donors (Lipinski definition) is 3. The van der Waals surface area contributed by atoms with Crippen molar-refractivity contribution in [1.82, 2.24) is 10.2 Å². The molecule has 0 bridgehead atoms. The molecule has 2 heterocycles. The van der Waals surface area contributed by atoms with Crippen molar-refractivity contribution in [3.05, 3.63) is 57.8 Å². The Labute approximate surface area is 188 Å². The first-order valence-corrected chi connectivity index (χ1v) is 11.7. The molecular weight excluding hydrogens is 411 g/mol. The number of hydrogen-bond acceptors (Lipinski definition) is 5. The van der Waals surface area contributed by atoms with E-state index in [1.54, 1.807) is 11.3 Å². The van der Waals surface area contributed by atoms with Gasteiger partial charge < -0.3 is 20.3 Å². The zero-order valence-electron chi connectivity index (χ0n) is 18.2. The van der Waals surface area contributed by atoms with Crippen LogP contribution in [0.25, 0.3) is 0 Å². The number of amides is 2. The molecule has 2 aromatic rings. The molecule has 2 amide bonds. The third kappa shape index (κ3) is 6.66. The smallest absolute Gasteiger partial charge is 0.426 e. The van der Waals surface area contributed by atoms with Crippen LogP contribution in [0, 0.1) is 11.8 Å². The van der Waals surface area contributed by atoms with Gasteiger partial charge >= 0.3 is 7.12 Å². The highest BCUT2D eigenvalue weighted by molar-refractivity contribution is 7.10. The van der Waals surface area contributed by atoms with Crippen molar-refractivity contribution in [2.24, 2.45) is 11.8 Å². The van der Waals surface area contributed by atoms with E-state index in [2.05, 4.69) is 16.8 Å². The highest BCUT2D eigenvalue weighted by atomic mass is 32.1. The van der Waals surface area contributed by atoms with Gasteiger partial charge in [-0.3, -0.25) is 9.59 Å². The minimum absolute atomic E-state index is 0.0416. The maximum Gasteiger partial charge on any atom is 0.475 e. The molecule has 8 heteroatoms. The largest absolute Gasteiger partial charge is 0.475 e. The second-order valence-corrected chi connectivity index (χ2v) is 9.68. The molecule has 0 fully saturated rings. The van der Waals surface area contributed by atoms with Crippen LogP contribution >= 0.6 is 11.3 Å². The highest BCUT2D eigenvalue weighted by Gasteiger charge is 2.32. The van der Waals surface area contributed by atoms with Gasteiger partial charge in [0, 0.05) is 17.8 Å². The summed E-state index contributed by atoms with van der Waals surface area (Å²) in [5, 5.41) is 24.2. The summed E-state index contributed by atoms with van der Waals surface area (Å²) in [5.74, 6) is -1.50. The molecule has 2 atom stereocenters. The van der Waals surface area contributed by atoms with E-state index < -0.39 is 19.0 Å². The second-order valence-electron chi connectivity index (χ2n) is 8.68. The summed E-state index contributed by atoms with van der Waals surface area (Å²) < 4.78 is 0. The van der Waals surface area contributed by atoms with Gasteiger partial charge in [-0.15, -0.1) is 11.3 Å². The minimum atomic E-state index is -1.64. The van der Waals surface area contributed by atoms with Crippen LogP contribution in [0.1, 0.15) is 42.7 Å². The molecule has 0 saturated carbocycles. The molecule has 0 radical (unpaired) electrons. The quantitative estimate of drug-likeness (QED) is 0.521. The number of nitrogens with one attached hydrogen (secondary N) is 1. The molecule has 3 N–H and O–H groups in total. The van der Waals surface area contributed by atoms with Crippen molar-refractivity contribution in [3.8, 4) is 0 Å². The number of rotatable bonds is 9. The Bertz CT molecular complexity index is 871. The first-order valence-electron chi connectivity index (χ1n) is 10.9. The summed E-state index contributed by atoms with van der Waals surface area (Å²) >= 11 is 1.66. The van der Waals surface area contributed by atoms with Gasteiger partial charge in [0.2, 0.25) is 11.8 Å². The third-order valence-corrected chi connectivity index (χ3v) is 6.65. The summed E-state index contributed by atoms with van der Waals surface area (Å²) in [4.78, 5) is 29.2. The van der Waals surface area contributed by atoms with Crippen LogP contribution in [0.15, 0.2) is 41.8 Å². The van der Waals surface area contributed by atoms with Crippen LogP contribution in [-0.2, 0) is 29.0 Å². The van der Waals surface area contributed by atoms with Gasteiger partial charge in [0.1, 0.15) is 0 Å². The van der Waals surface area contributed by atoms with E-state index in [9.17, 15) is 19.6 Å². The van der Waals surface area contributed by atoms with Crippen LogP contribution < -0.4 is 5.32 Å². The average molecular weight is 442 g/mol. The molecule has 1 aromatic heterocycles.